The fraction of sp³-hybridized carbons (Fsp3) is 0.480. The minimum Gasteiger partial charge on any atom is -0.497 e. The second kappa shape index (κ2) is 9.99. The van der Waals surface area contributed by atoms with Crippen LogP contribution in [0.25, 0.3) is 0 Å². The zero-order valence-electron chi connectivity index (χ0n) is 19.5. The van der Waals surface area contributed by atoms with Crippen molar-refractivity contribution in [3.05, 3.63) is 54.0 Å². The van der Waals surface area contributed by atoms with Gasteiger partial charge in [-0.25, -0.2) is 5.01 Å². The van der Waals surface area contributed by atoms with E-state index in [0.717, 1.165) is 61.8 Å². The molecule has 2 fully saturated rings. The highest BCUT2D eigenvalue weighted by atomic mass is 16.5. The fourth-order valence-corrected chi connectivity index (χ4v) is 4.47. The lowest BCUT2D eigenvalue weighted by Crippen LogP contribution is -2.51. The number of rotatable bonds is 8. The maximum atomic E-state index is 13.3. The Morgan fingerprint density at radius 2 is 1.76 bits per heavy atom. The Kier molecular flexibility index (Phi) is 6.64. The van der Waals surface area contributed by atoms with Gasteiger partial charge in [-0.2, -0.15) is 5.10 Å². The van der Waals surface area contributed by atoms with Crippen molar-refractivity contribution in [2.45, 2.75) is 31.3 Å². The normalized spacial score (nSPS) is 21.4. The molecule has 2 aromatic rings. The van der Waals surface area contributed by atoms with Crippen LogP contribution in [0.15, 0.2) is 52.2 Å². The summed E-state index contributed by atoms with van der Waals surface area (Å²) in [5, 5.41) is 9.33. The first-order valence-electron chi connectivity index (χ1n) is 11.9. The highest BCUT2D eigenvalue weighted by Gasteiger charge is 2.36. The molecule has 1 saturated heterocycles. The topological polar surface area (TPSA) is 90.6 Å². The molecule has 1 saturated carbocycles. The Balaban J connectivity index is 1.21. The molecule has 3 aliphatic rings. The largest absolute Gasteiger partial charge is 0.497 e. The number of hydrogen-bond acceptors (Lipinski definition) is 7. The van der Waals surface area contributed by atoms with E-state index in [1.54, 1.807) is 18.4 Å². The Morgan fingerprint density at radius 3 is 2.38 bits per heavy atom. The summed E-state index contributed by atoms with van der Waals surface area (Å²) in [5.41, 5.74) is 1.81. The highest BCUT2D eigenvalue weighted by Crippen LogP contribution is 2.33. The highest BCUT2D eigenvalue weighted by molar-refractivity contribution is 6.03. The van der Waals surface area contributed by atoms with Crippen LogP contribution < -0.4 is 10.1 Å². The number of carbonyl (C=O) groups excluding carboxylic acids is 2. The third kappa shape index (κ3) is 5.31. The summed E-state index contributed by atoms with van der Waals surface area (Å²) in [5.74, 6) is 1.56. The third-order valence-electron chi connectivity index (χ3n) is 6.59. The van der Waals surface area contributed by atoms with Gasteiger partial charge in [-0.3, -0.25) is 19.4 Å². The molecule has 0 unspecified atom stereocenters. The van der Waals surface area contributed by atoms with Crippen LogP contribution in [0.3, 0.4) is 0 Å². The average molecular weight is 466 g/mol. The minimum absolute atomic E-state index is 0.0511. The van der Waals surface area contributed by atoms with Gasteiger partial charge in [-0.05, 0) is 54.8 Å². The molecule has 9 nitrogen and oxygen atoms in total. The van der Waals surface area contributed by atoms with Crippen molar-refractivity contribution in [3.8, 4) is 5.75 Å². The molecule has 9 heteroatoms. The summed E-state index contributed by atoms with van der Waals surface area (Å²) in [6.45, 7) is 3.76. The summed E-state index contributed by atoms with van der Waals surface area (Å²) in [4.78, 5) is 29.7. The molecule has 1 aromatic heterocycles. The van der Waals surface area contributed by atoms with E-state index in [0.29, 0.717) is 25.6 Å². The number of methoxy groups -OCH3 is 1. The van der Waals surface area contributed by atoms with Crippen molar-refractivity contribution in [1.29, 1.82) is 0 Å². The lowest BCUT2D eigenvalue weighted by molar-refractivity contribution is -0.135. The maximum absolute atomic E-state index is 13.3. The van der Waals surface area contributed by atoms with E-state index in [-0.39, 0.29) is 17.9 Å². The number of carbonyl (C=O) groups is 2. The number of benzene rings is 1. The summed E-state index contributed by atoms with van der Waals surface area (Å²) in [6.07, 6.45) is 4.41. The molecular weight excluding hydrogens is 434 g/mol. The first-order valence-corrected chi connectivity index (χ1v) is 11.9. The van der Waals surface area contributed by atoms with Crippen LogP contribution in [0.2, 0.25) is 0 Å². The predicted molar refractivity (Wildman–Crippen MR) is 126 cm³/mol. The molecule has 1 N–H and O–H groups in total. The molecule has 2 amide bonds. The van der Waals surface area contributed by atoms with Crippen molar-refractivity contribution in [2.75, 3.05) is 46.4 Å². The molecule has 1 aromatic carbocycles. The second-order valence-corrected chi connectivity index (χ2v) is 9.14. The van der Waals surface area contributed by atoms with Crippen LogP contribution in [0, 0.1) is 0 Å². The van der Waals surface area contributed by atoms with Crippen molar-refractivity contribution >= 4 is 17.5 Å². The van der Waals surface area contributed by atoms with Gasteiger partial charge < -0.3 is 14.5 Å². The number of hydrazone groups is 1. The van der Waals surface area contributed by atoms with Crippen LogP contribution in [0.4, 0.5) is 0 Å². The van der Waals surface area contributed by atoms with E-state index in [9.17, 15) is 9.59 Å². The number of ether oxygens (including phenoxy) is 1. The number of hydrogen-bond donors (Lipinski definition) is 1. The third-order valence-corrected chi connectivity index (χ3v) is 6.59. The number of nitrogens with zero attached hydrogens (tertiary/aromatic N) is 4. The van der Waals surface area contributed by atoms with Gasteiger partial charge in [0.25, 0.3) is 5.91 Å². The van der Waals surface area contributed by atoms with Gasteiger partial charge in [0.05, 0.1) is 32.2 Å². The molecule has 0 bridgehead atoms. The molecule has 180 valence electrons. The van der Waals surface area contributed by atoms with Crippen LogP contribution >= 0.6 is 0 Å². The van der Waals surface area contributed by atoms with Gasteiger partial charge in [0.15, 0.2) is 0 Å². The smallest absolute Gasteiger partial charge is 0.257 e. The van der Waals surface area contributed by atoms with Crippen LogP contribution in [0.1, 0.15) is 36.6 Å². The summed E-state index contributed by atoms with van der Waals surface area (Å²) < 4.78 is 10.9. The number of piperazine rings is 1. The Hall–Kier alpha value is -3.17. The van der Waals surface area contributed by atoms with Crippen molar-refractivity contribution in [3.63, 3.8) is 0 Å². The van der Waals surface area contributed by atoms with E-state index >= 15 is 0 Å². The van der Waals surface area contributed by atoms with Gasteiger partial charge >= 0.3 is 0 Å². The Labute approximate surface area is 199 Å². The molecule has 34 heavy (non-hydrogen) atoms. The van der Waals surface area contributed by atoms with Crippen molar-refractivity contribution in [2.24, 2.45) is 5.10 Å². The SMILES string of the molecule is COc1ccc(C2=NN(C(=O)CN3CCN(CC(=O)NC4CC4)CC3)[C@@H](c3ccco3)C2)cc1. The number of nitrogens with one attached hydrogen (secondary N) is 1. The zero-order valence-corrected chi connectivity index (χ0v) is 19.5. The van der Waals surface area contributed by atoms with E-state index in [1.807, 2.05) is 36.4 Å². The molecule has 3 heterocycles. The first kappa shape index (κ1) is 22.6. The van der Waals surface area contributed by atoms with Crippen LogP contribution in [0.5, 0.6) is 5.75 Å². The van der Waals surface area contributed by atoms with E-state index < -0.39 is 0 Å². The summed E-state index contributed by atoms with van der Waals surface area (Å²) in [6, 6.07) is 11.6. The molecular formula is C25H31N5O4. The lowest BCUT2D eigenvalue weighted by Gasteiger charge is -2.34. The summed E-state index contributed by atoms with van der Waals surface area (Å²) >= 11 is 0. The molecule has 1 aliphatic carbocycles. The predicted octanol–water partition coefficient (Wildman–Crippen LogP) is 1.86. The van der Waals surface area contributed by atoms with Crippen molar-refractivity contribution < 1.29 is 18.7 Å². The Morgan fingerprint density at radius 1 is 1.06 bits per heavy atom. The summed E-state index contributed by atoms with van der Waals surface area (Å²) in [7, 11) is 1.64. The Bertz CT molecular complexity index is 1020. The number of furan rings is 1. The van der Waals surface area contributed by atoms with Gasteiger partial charge in [0.2, 0.25) is 5.91 Å². The van der Waals surface area contributed by atoms with Crippen molar-refractivity contribution in [1.82, 2.24) is 20.1 Å². The van der Waals surface area contributed by atoms with E-state index in [2.05, 4.69) is 15.1 Å². The average Bonchev–Trinajstić information content (AvgIpc) is 3.32. The van der Waals surface area contributed by atoms with Gasteiger partial charge in [-0.1, -0.05) is 0 Å². The first-order chi connectivity index (χ1) is 16.6. The molecule has 0 spiro atoms. The van der Waals surface area contributed by atoms with Gasteiger partial charge in [0.1, 0.15) is 17.6 Å². The minimum atomic E-state index is -0.257. The molecule has 2 aliphatic heterocycles. The van der Waals surface area contributed by atoms with E-state index in [1.165, 1.54) is 0 Å². The van der Waals surface area contributed by atoms with Crippen LogP contribution in [-0.2, 0) is 9.59 Å². The lowest BCUT2D eigenvalue weighted by atomic mass is 10.0. The van der Waals surface area contributed by atoms with Crippen LogP contribution in [-0.4, -0.2) is 84.8 Å². The van der Waals surface area contributed by atoms with E-state index in [4.69, 9.17) is 14.3 Å². The maximum Gasteiger partial charge on any atom is 0.257 e. The molecule has 5 rings (SSSR count). The molecule has 1 atom stereocenters. The molecule has 0 radical (unpaired) electrons. The van der Waals surface area contributed by atoms with Gasteiger partial charge in [0, 0.05) is 38.6 Å². The fourth-order valence-electron chi connectivity index (χ4n) is 4.47. The van der Waals surface area contributed by atoms with Gasteiger partial charge in [-0.15, -0.1) is 0 Å². The number of amides is 2. The second-order valence-electron chi connectivity index (χ2n) is 9.14. The monoisotopic (exact) mass is 465 g/mol. The zero-order chi connectivity index (χ0) is 23.5. The standard InChI is InChI=1S/C25H31N5O4/c1-33-20-8-4-18(5-9-20)21-15-22(23-3-2-14-34-23)30(27-21)25(32)17-29-12-10-28(11-13-29)16-24(31)26-19-6-7-19/h2-5,8-9,14,19,22H,6-7,10-13,15-17H2,1H3,(H,26,31)/t22-/m1/s1. The quantitative estimate of drug-likeness (QED) is 0.640.